The van der Waals surface area contributed by atoms with Crippen LogP contribution in [0.5, 0.6) is 0 Å². The summed E-state index contributed by atoms with van der Waals surface area (Å²) in [4.78, 5) is 4.83. The Bertz CT molecular complexity index is 1140. The van der Waals surface area contributed by atoms with Crippen LogP contribution in [0.25, 0.3) is 18.7 Å². The zero-order valence-corrected chi connectivity index (χ0v) is 16.3. The fraction of sp³-hybridized carbons (Fsp3) is 0.148. The minimum Gasteiger partial charge on any atom is -0.256 e. The summed E-state index contributed by atoms with van der Waals surface area (Å²) in [5.74, 6) is 0.809. The molecule has 28 heavy (non-hydrogen) atoms. The van der Waals surface area contributed by atoms with Crippen LogP contribution < -0.4 is 10.4 Å². The first-order valence-electron chi connectivity index (χ1n) is 9.71. The summed E-state index contributed by atoms with van der Waals surface area (Å²) in [7, 11) is 0. The van der Waals surface area contributed by atoms with Gasteiger partial charge in [-0.1, -0.05) is 93.0 Å². The van der Waals surface area contributed by atoms with Crippen molar-refractivity contribution in [3.63, 3.8) is 0 Å². The van der Waals surface area contributed by atoms with Crippen molar-refractivity contribution < 1.29 is 0 Å². The molecule has 3 atom stereocenters. The van der Waals surface area contributed by atoms with Crippen molar-refractivity contribution >= 4 is 18.7 Å². The summed E-state index contributed by atoms with van der Waals surface area (Å²) >= 11 is 0. The van der Waals surface area contributed by atoms with E-state index in [0.29, 0.717) is 5.92 Å². The van der Waals surface area contributed by atoms with E-state index in [9.17, 15) is 0 Å². The lowest BCUT2D eigenvalue weighted by Crippen LogP contribution is -2.32. The molecule has 0 radical (unpaired) electrons. The maximum Gasteiger partial charge on any atom is 0.0737 e. The monoisotopic (exact) mass is 363 g/mol. The van der Waals surface area contributed by atoms with E-state index in [1.165, 1.54) is 16.7 Å². The first kappa shape index (κ1) is 18.2. The van der Waals surface area contributed by atoms with Gasteiger partial charge in [-0.25, -0.2) is 0 Å². The molecule has 3 aliphatic rings. The molecule has 2 bridgehead atoms. The fourth-order valence-electron chi connectivity index (χ4n) is 4.29. The predicted molar refractivity (Wildman–Crippen MR) is 120 cm³/mol. The highest BCUT2D eigenvalue weighted by Gasteiger charge is 2.36. The topological polar surface area (TPSA) is 12.9 Å². The first-order valence-corrected chi connectivity index (χ1v) is 9.71. The minimum atomic E-state index is 0.229. The van der Waals surface area contributed by atoms with Crippen molar-refractivity contribution in [2.24, 2.45) is 11.8 Å². The van der Waals surface area contributed by atoms with Gasteiger partial charge in [0, 0.05) is 18.0 Å². The van der Waals surface area contributed by atoms with Crippen LogP contribution in [0.2, 0.25) is 0 Å². The zero-order valence-electron chi connectivity index (χ0n) is 16.3. The quantitative estimate of drug-likeness (QED) is 0.636. The van der Waals surface area contributed by atoms with Crippen molar-refractivity contribution in [1.29, 1.82) is 0 Å². The Labute approximate surface area is 167 Å². The minimum absolute atomic E-state index is 0.229. The highest BCUT2D eigenvalue weighted by atomic mass is 14.7. The number of nitrogens with zero attached hydrogens (tertiary/aromatic N) is 1. The van der Waals surface area contributed by atoms with Crippen LogP contribution in [0, 0.1) is 11.8 Å². The largest absolute Gasteiger partial charge is 0.256 e. The predicted octanol–water partition coefficient (Wildman–Crippen LogP) is 4.94. The van der Waals surface area contributed by atoms with Gasteiger partial charge in [-0.2, -0.15) is 0 Å². The van der Waals surface area contributed by atoms with Crippen LogP contribution in [0.15, 0.2) is 96.8 Å². The van der Waals surface area contributed by atoms with Crippen LogP contribution in [0.1, 0.15) is 24.1 Å². The van der Waals surface area contributed by atoms with E-state index < -0.39 is 0 Å². The highest BCUT2D eigenvalue weighted by molar-refractivity contribution is 5.76. The molecule has 1 heteroatoms. The van der Waals surface area contributed by atoms with Gasteiger partial charge in [0.15, 0.2) is 0 Å². The van der Waals surface area contributed by atoms with Crippen LogP contribution in [0.4, 0.5) is 0 Å². The Hall–Kier alpha value is -3.19. The standard InChI is InChI=1S/C27H25N/c1-18-10-7-13-23-21(4)27(28-16-15-18)25-17-19(2)9-5-6-11-20(3)22-12-8-14-24(23)26(22)25/h5-17,20,24,26H,1-2,4H2,3H3/b9-5-,10-7?,11-6-,16-15?,23-13?,25-17+,28-27?. The zero-order chi connectivity index (χ0) is 19.7. The maximum atomic E-state index is 4.83. The summed E-state index contributed by atoms with van der Waals surface area (Å²) in [6.07, 6.45) is 19.2. The van der Waals surface area contributed by atoms with Crippen molar-refractivity contribution in [3.05, 3.63) is 118 Å². The van der Waals surface area contributed by atoms with Gasteiger partial charge >= 0.3 is 0 Å². The SMILES string of the molecule is C=C1/C=C\C=C/C(C)C2=CC=CC3c4cccc(=C)ccnc(c4=C)/C(=C/1)C23. The Morgan fingerprint density at radius 2 is 1.82 bits per heavy atom. The van der Waals surface area contributed by atoms with Crippen LogP contribution >= 0.6 is 0 Å². The van der Waals surface area contributed by atoms with Gasteiger partial charge in [-0.3, -0.25) is 4.98 Å². The number of fused-ring (bicyclic) bond motifs is 4. The van der Waals surface area contributed by atoms with Crippen LogP contribution in [-0.4, -0.2) is 4.98 Å². The second-order valence-corrected chi connectivity index (χ2v) is 7.59. The van der Waals surface area contributed by atoms with Gasteiger partial charge in [0.2, 0.25) is 0 Å². The Kier molecular flexibility index (Phi) is 4.83. The molecule has 1 aromatic heterocycles. The van der Waals surface area contributed by atoms with Crippen molar-refractivity contribution in [1.82, 2.24) is 4.98 Å². The lowest BCUT2D eigenvalue weighted by atomic mass is 9.66. The molecular weight excluding hydrogens is 338 g/mol. The van der Waals surface area contributed by atoms with Crippen LogP contribution in [-0.2, 0) is 0 Å². The number of hydrogen-bond donors (Lipinski definition) is 0. The van der Waals surface area contributed by atoms with E-state index in [-0.39, 0.29) is 11.8 Å². The second kappa shape index (κ2) is 7.44. The maximum absolute atomic E-state index is 4.83. The summed E-state index contributed by atoms with van der Waals surface area (Å²) in [6.45, 7) is 15.0. The molecule has 0 aliphatic heterocycles. The normalized spacial score (nSPS) is 28.8. The molecule has 3 unspecified atom stereocenters. The molecule has 0 fully saturated rings. The molecule has 0 saturated heterocycles. The molecule has 1 aromatic rings. The molecule has 3 aliphatic carbocycles. The first-order chi connectivity index (χ1) is 13.6. The Balaban J connectivity index is 2.10. The van der Waals surface area contributed by atoms with Gasteiger partial charge in [0.1, 0.15) is 0 Å². The van der Waals surface area contributed by atoms with Crippen molar-refractivity contribution in [2.45, 2.75) is 12.8 Å². The van der Waals surface area contributed by atoms with Gasteiger partial charge in [0.25, 0.3) is 0 Å². The average molecular weight is 364 g/mol. The van der Waals surface area contributed by atoms with E-state index in [0.717, 1.165) is 21.7 Å². The van der Waals surface area contributed by atoms with E-state index in [1.54, 1.807) is 0 Å². The van der Waals surface area contributed by atoms with Crippen molar-refractivity contribution in [3.8, 4) is 0 Å². The van der Waals surface area contributed by atoms with Gasteiger partial charge < -0.3 is 0 Å². The average Bonchev–Trinajstić information content (AvgIpc) is 2.68. The molecule has 0 amide bonds. The van der Waals surface area contributed by atoms with E-state index in [2.05, 4.69) is 81.3 Å². The third-order valence-corrected chi connectivity index (χ3v) is 5.69. The van der Waals surface area contributed by atoms with Crippen molar-refractivity contribution in [2.75, 3.05) is 0 Å². The number of hydrogen-bond acceptors (Lipinski definition) is 1. The summed E-state index contributed by atoms with van der Waals surface area (Å²) in [6, 6.07) is 8.18. The molecule has 1 nitrogen and oxygen atoms in total. The molecular formula is C27H25N. The van der Waals surface area contributed by atoms with E-state index in [4.69, 9.17) is 4.98 Å². The summed E-state index contributed by atoms with van der Waals surface area (Å²) in [5.41, 5.74) is 5.73. The molecule has 0 aromatic carbocycles. The smallest absolute Gasteiger partial charge is 0.0737 e. The highest BCUT2D eigenvalue weighted by Crippen LogP contribution is 2.46. The lowest BCUT2D eigenvalue weighted by Gasteiger charge is -2.37. The van der Waals surface area contributed by atoms with Gasteiger partial charge in [-0.15, -0.1) is 0 Å². The third kappa shape index (κ3) is 3.25. The molecule has 1 heterocycles. The number of aromatic nitrogens is 1. The molecule has 0 saturated carbocycles. The molecule has 138 valence electrons. The number of rotatable bonds is 0. The molecule has 4 rings (SSSR count). The second-order valence-electron chi connectivity index (χ2n) is 7.59. The fourth-order valence-corrected chi connectivity index (χ4v) is 4.29. The van der Waals surface area contributed by atoms with Crippen LogP contribution in [0.3, 0.4) is 0 Å². The summed E-state index contributed by atoms with van der Waals surface area (Å²) < 4.78 is 0. The number of allylic oxidation sites excluding steroid dienone is 11. The van der Waals surface area contributed by atoms with E-state index >= 15 is 0 Å². The van der Waals surface area contributed by atoms with E-state index in [1.807, 2.05) is 24.4 Å². The van der Waals surface area contributed by atoms with Gasteiger partial charge in [0.05, 0.1) is 5.69 Å². The Morgan fingerprint density at radius 1 is 0.964 bits per heavy atom. The third-order valence-electron chi connectivity index (χ3n) is 5.69. The Morgan fingerprint density at radius 3 is 2.68 bits per heavy atom. The van der Waals surface area contributed by atoms with Gasteiger partial charge in [-0.05, 0) is 45.2 Å². The molecule has 0 spiro atoms. The lowest BCUT2D eigenvalue weighted by molar-refractivity contribution is 0.600. The molecule has 0 N–H and O–H groups in total. The summed E-state index contributed by atoms with van der Waals surface area (Å²) in [5, 5.41) is 1.91.